The van der Waals surface area contributed by atoms with E-state index in [1.807, 2.05) is 13.0 Å². The first-order valence-corrected chi connectivity index (χ1v) is 8.82. The minimum absolute atomic E-state index is 0.261. The highest BCUT2D eigenvalue weighted by Gasteiger charge is 2.23. The highest BCUT2D eigenvalue weighted by molar-refractivity contribution is 5.98. The molecule has 148 valence electrons. The van der Waals surface area contributed by atoms with Crippen molar-refractivity contribution >= 4 is 23.5 Å². The normalized spacial score (nSPS) is 12.6. The molecular formula is C21H23FN2O4. The quantitative estimate of drug-likeness (QED) is 0.747. The second-order valence-electron chi connectivity index (χ2n) is 6.60. The maximum Gasteiger partial charge on any atom is 0.329 e. The molecule has 0 aliphatic heterocycles. The summed E-state index contributed by atoms with van der Waals surface area (Å²) in [5, 5.41) is 5.02. The van der Waals surface area contributed by atoms with Gasteiger partial charge in [-0.3, -0.25) is 9.59 Å². The first-order chi connectivity index (χ1) is 13.2. The Kier molecular flexibility index (Phi) is 6.87. The number of nitrogens with one attached hydrogen (secondary N) is 2. The lowest BCUT2D eigenvalue weighted by Gasteiger charge is -2.18. The summed E-state index contributed by atoms with van der Waals surface area (Å²) in [6, 6.07) is 10.3. The number of anilines is 1. The number of rotatable bonds is 6. The second kappa shape index (κ2) is 9.12. The van der Waals surface area contributed by atoms with Gasteiger partial charge in [0.25, 0.3) is 11.8 Å². The van der Waals surface area contributed by atoms with Crippen LogP contribution in [0.25, 0.3) is 0 Å². The van der Waals surface area contributed by atoms with E-state index in [-0.39, 0.29) is 5.69 Å². The van der Waals surface area contributed by atoms with E-state index in [1.165, 1.54) is 26.0 Å². The van der Waals surface area contributed by atoms with E-state index >= 15 is 0 Å². The molecule has 2 aromatic carbocycles. The number of amides is 2. The molecule has 2 atom stereocenters. The third-order valence-electron chi connectivity index (χ3n) is 4.08. The van der Waals surface area contributed by atoms with Gasteiger partial charge in [0, 0.05) is 11.3 Å². The Morgan fingerprint density at radius 1 is 1.04 bits per heavy atom. The maximum atomic E-state index is 13.6. The van der Waals surface area contributed by atoms with Crippen LogP contribution in [0.5, 0.6) is 0 Å². The number of hydrogen-bond acceptors (Lipinski definition) is 4. The fourth-order valence-electron chi connectivity index (χ4n) is 2.37. The largest absolute Gasteiger partial charge is 0.451 e. The highest BCUT2D eigenvalue weighted by atomic mass is 19.1. The topological polar surface area (TPSA) is 84.5 Å². The van der Waals surface area contributed by atoms with E-state index in [0.717, 1.165) is 5.56 Å². The number of carbonyl (C=O) groups excluding carboxylic acids is 3. The van der Waals surface area contributed by atoms with Gasteiger partial charge >= 0.3 is 5.97 Å². The Bertz CT molecular complexity index is 898. The maximum absolute atomic E-state index is 13.6. The molecule has 6 nitrogen and oxygen atoms in total. The van der Waals surface area contributed by atoms with Crippen LogP contribution in [0.15, 0.2) is 42.5 Å². The van der Waals surface area contributed by atoms with Crippen molar-refractivity contribution in [3.63, 3.8) is 0 Å². The lowest BCUT2D eigenvalue weighted by molar-refractivity contribution is -0.154. The molecule has 0 unspecified atom stereocenters. The van der Waals surface area contributed by atoms with Gasteiger partial charge in [0.05, 0.1) is 0 Å². The van der Waals surface area contributed by atoms with Crippen molar-refractivity contribution in [1.29, 1.82) is 0 Å². The van der Waals surface area contributed by atoms with Crippen LogP contribution in [0, 0.1) is 19.7 Å². The van der Waals surface area contributed by atoms with Gasteiger partial charge in [0.2, 0.25) is 0 Å². The van der Waals surface area contributed by atoms with Gasteiger partial charge in [-0.15, -0.1) is 0 Å². The first-order valence-electron chi connectivity index (χ1n) is 8.82. The Morgan fingerprint density at radius 3 is 2.39 bits per heavy atom. The third kappa shape index (κ3) is 5.64. The molecule has 2 amide bonds. The van der Waals surface area contributed by atoms with Crippen LogP contribution in [0.2, 0.25) is 0 Å². The standard InChI is InChI=1S/C21H23FN2O4/c1-12-6-5-7-16(10-12)20(26)23-14(3)21(27)28-15(4)19(25)24-17-9-8-13(2)18(22)11-17/h5-11,14-15H,1-4H3,(H,23,26)(H,24,25)/t14-,15+/m0/s1. The van der Waals surface area contributed by atoms with Crippen LogP contribution >= 0.6 is 0 Å². The van der Waals surface area contributed by atoms with Crippen molar-refractivity contribution < 1.29 is 23.5 Å². The van der Waals surface area contributed by atoms with E-state index < -0.39 is 35.7 Å². The first kappa shape index (κ1) is 21.1. The van der Waals surface area contributed by atoms with Crippen LogP contribution in [0.3, 0.4) is 0 Å². The molecule has 2 N–H and O–H groups in total. The molecule has 2 aromatic rings. The van der Waals surface area contributed by atoms with Crippen LogP contribution in [-0.2, 0) is 14.3 Å². The summed E-state index contributed by atoms with van der Waals surface area (Å²) < 4.78 is 18.7. The van der Waals surface area contributed by atoms with E-state index in [1.54, 1.807) is 31.2 Å². The monoisotopic (exact) mass is 386 g/mol. The fourth-order valence-corrected chi connectivity index (χ4v) is 2.37. The summed E-state index contributed by atoms with van der Waals surface area (Å²) in [4.78, 5) is 36.5. The third-order valence-corrected chi connectivity index (χ3v) is 4.08. The molecule has 0 saturated carbocycles. The Balaban J connectivity index is 1.90. The summed E-state index contributed by atoms with van der Waals surface area (Å²) >= 11 is 0. The zero-order chi connectivity index (χ0) is 20.8. The van der Waals surface area contributed by atoms with Gasteiger partial charge in [-0.05, 0) is 57.5 Å². The average molecular weight is 386 g/mol. The van der Waals surface area contributed by atoms with Gasteiger partial charge in [0.1, 0.15) is 11.9 Å². The van der Waals surface area contributed by atoms with E-state index in [0.29, 0.717) is 11.1 Å². The molecule has 0 spiro atoms. The molecule has 0 fully saturated rings. The van der Waals surface area contributed by atoms with Crippen molar-refractivity contribution in [2.45, 2.75) is 39.8 Å². The molecular weight excluding hydrogens is 363 g/mol. The molecule has 0 aromatic heterocycles. The number of carbonyl (C=O) groups is 3. The summed E-state index contributed by atoms with van der Waals surface area (Å²) in [7, 11) is 0. The van der Waals surface area contributed by atoms with Crippen molar-refractivity contribution in [2.75, 3.05) is 5.32 Å². The van der Waals surface area contributed by atoms with E-state index in [4.69, 9.17) is 4.74 Å². The molecule has 2 rings (SSSR count). The Morgan fingerprint density at radius 2 is 1.75 bits per heavy atom. The van der Waals surface area contributed by atoms with E-state index in [9.17, 15) is 18.8 Å². The molecule has 0 bridgehead atoms. The number of hydrogen-bond donors (Lipinski definition) is 2. The molecule has 0 aliphatic rings. The smallest absolute Gasteiger partial charge is 0.329 e. The zero-order valence-corrected chi connectivity index (χ0v) is 16.2. The van der Waals surface area contributed by atoms with Crippen molar-refractivity contribution in [2.24, 2.45) is 0 Å². The second-order valence-corrected chi connectivity index (χ2v) is 6.60. The van der Waals surface area contributed by atoms with Gasteiger partial charge in [-0.1, -0.05) is 23.8 Å². The number of ether oxygens (including phenoxy) is 1. The fraction of sp³-hybridized carbons (Fsp3) is 0.286. The van der Waals surface area contributed by atoms with Gasteiger partial charge < -0.3 is 15.4 Å². The SMILES string of the molecule is Cc1cccc(C(=O)N[C@@H](C)C(=O)O[C@H](C)C(=O)Nc2ccc(C)c(F)c2)c1. The zero-order valence-electron chi connectivity index (χ0n) is 16.2. The minimum atomic E-state index is -1.12. The Hall–Kier alpha value is -3.22. The van der Waals surface area contributed by atoms with Crippen molar-refractivity contribution in [1.82, 2.24) is 5.32 Å². The summed E-state index contributed by atoms with van der Waals surface area (Å²) in [5.74, 6) is -2.22. The predicted octanol–water partition coefficient (Wildman–Crippen LogP) is 3.13. The molecule has 0 heterocycles. The number of esters is 1. The van der Waals surface area contributed by atoms with E-state index in [2.05, 4.69) is 10.6 Å². The van der Waals surface area contributed by atoms with Gasteiger partial charge in [-0.25, -0.2) is 9.18 Å². The lowest BCUT2D eigenvalue weighted by Crippen LogP contribution is -2.42. The average Bonchev–Trinajstić information content (AvgIpc) is 2.64. The summed E-state index contributed by atoms with van der Waals surface area (Å²) in [6.45, 7) is 6.33. The van der Waals surface area contributed by atoms with Crippen molar-refractivity contribution in [3.05, 3.63) is 65.0 Å². The van der Waals surface area contributed by atoms with Crippen molar-refractivity contribution in [3.8, 4) is 0 Å². The highest BCUT2D eigenvalue weighted by Crippen LogP contribution is 2.14. The number of halogens is 1. The van der Waals surface area contributed by atoms with Crippen LogP contribution in [0.4, 0.5) is 10.1 Å². The van der Waals surface area contributed by atoms with Crippen LogP contribution < -0.4 is 10.6 Å². The van der Waals surface area contributed by atoms with Crippen LogP contribution in [0.1, 0.15) is 35.3 Å². The van der Waals surface area contributed by atoms with Crippen LogP contribution in [-0.4, -0.2) is 29.9 Å². The Labute approximate surface area is 163 Å². The summed E-state index contributed by atoms with van der Waals surface area (Å²) in [6.07, 6.45) is -1.12. The number of benzene rings is 2. The minimum Gasteiger partial charge on any atom is -0.451 e. The predicted molar refractivity (Wildman–Crippen MR) is 103 cm³/mol. The van der Waals surface area contributed by atoms with Gasteiger partial charge in [0.15, 0.2) is 6.10 Å². The summed E-state index contributed by atoms with van der Waals surface area (Å²) in [5.41, 5.74) is 2.06. The molecule has 7 heteroatoms. The lowest BCUT2D eigenvalue weighted by atomic mass is 10.1. The van der Waals surface area contributed by atoms with Gasteiger partial charge in [-0.2, -0.15) is 0 Å². The molecule has 0 saturated heterocycles. The number of aryl methyl sites for hydroxylation is 2. The molecule has 28 heavy (non-hydrogen) atoms. The molecule has 0 aliphatic carbocycles. The molecule has 0 radical (unpaired) electrons.